The third-order valence-corrected chi connectivity index (χ3v) is 4.88. The highest BCUT2D eigenvalue weighted by Gasteiger charge is 2.29. The molecule has 0 saturated carbocycles. The number of amides is 2. The monoisotopic (exact) mass is 426 g/mol. The van der Waals surface area contributed by atoms with Gasteiger partial charge in [-0.2, -0.15) is 0 Å². The van der Waals surface area contributed by atoms with E-state index in [1.807, 2.05) is 45.0 Å². The second kappa shape index (κ2) is 9.30. The van der Waals surface area contributed by atoms with Crippen LogP contribution in [0.4, 0.5) is 10.6 Å². The van der Waals surface area contributed by atoms with Crippen LogP contribution < -0.4 is 16.8 Å². The normalized spacial score (nSPS) is 16.6. The Morgan fingerprint density at radius 3 is 2.81 bits per heavy atom. The topological polar surface area (TPSA) is 136 Å². The van der Waals surface area contributed by atoms with Crippen LogP contribution in [0.3, 0.4) is 0 Å². The zero-order chi connectivity index (χ0) is 22.6. The molecule has 9 nitrogen and oxygen atoms in total. The highest BCUT2D eigenvalue weighted by atomic mass is 16.6. The lowest BCUT2D eigenvalue weighted by Gasteiger charge is -2.34. The van der Waals surface area contributed by atoms with Crippen LogP contribution in [-0.4, -0.2) is 51.6 Å². The Morgan fingerprint density at radius 2 is 2.10 bits per heavy atom. The summed E-state index contributed by atoms with van der Waals surface area (Å²) in [7, 11) is 0. The number of carbonyl (C=O) groups is 2. The van der Waals surface area contributed by atoms with Crippen molar-refractivity contribution in [3.8, 4) is 11.3 Å². The van der Waals surface area contributed by atoms with E-state index in [2.05, 4.69) is 15.3 Å². The molecule has 1 fully saturated rings. The van der Waals surface area contributed by atoms with Crippen molar-refractivity contribution in [1.82, 2.24) is 20.2 Å². The molecule has 5 N–H and O–H groups in total. The molecule has 1 aromatic heterocycles. The first-order chi connectivity index (χ1) is 14.7. The van der Waals surface area contributed by atoms with Crippen LogP contribution in [0, 0.1) is 0 Å². The summed E-state index contributed by atoms with van der Waals surface area (Å²) in [6, 6.07) is 7.35. The minimum Gasteiger partial charge on any atom is -0.444 e. The number of rotatable bonds is 4. The van der Waals surface area contributed by atoms with Crippen molar-refractivity contribution >= 4 is 17.8 Å². The Kier molecular flexibility index (Phi) is 6.74. The molecule has 1 atom stereocenters. The van der Waals surface area contributed by atoms with Gasteiger partial charge in [-0.05, 0) is 45.2 Å². The number of hydrogen-bond donors (Lipinski definition) is 3. The van der Waals surface area contributed by atoms with Gasteiger partial charge in [0.15, 0.2) is 11.5 Å². The van der Waals surface area contributed by atoms with Crippen LogP contribution in [0.5, 0.6) is 0 Å². The molecule has 0 radical (unpaired) electrons. The minimum atomic E-state index is -0.570. The van der Waals surface area contributed by atoms with Gasteiger partial charge in [-0.1, -0.05) is 18.2 Å². The molecule has 0 unspecified atom stereocenters. The first kappa shape index (κ1) is 22.5. The highest BCUT2D eigenvalue weighted by molar-refractivity contribution is 5.97. The smallest absolute Gasteiger partial charge is 0.410 e. The minimum absolute atomic E-state index is 0.0519. The maximum absolute atomic E-state index is 12.9. The molecule has 2 heterocycles. The fraction of sp³-hybridized carbons (Fsp3) is 0.455. The molecule has 2 aromatic rings. The van der Waals surface area contributed by atoms with Crippen LogP contribution in [-0.2, 0) is 11.3 Å². The first-order valence-electron chi connectivity index (χ1n) is 10.4. The number of benzene rings is 1. The molecule has 0 aliphatic carbocycles. The summed E-state index contributed by atoms with van der Waals surface area (Å²) in [6.45, 7) is 6.84. The molecule has 9 heteroatoms. The second-order valence-electron chi connectivity index (χ2n) is 8.63. The summed E-state index contributed by atoms with van der Waals surface area (Å²) in [5.74, 6) is -0.367. The van der Waals surface area contributed by atoms with E-state index in [0.29, 0.717) is 25.3 Å². The van der Waals surface area contributed by atoms with Gasteiger partial charge in [-0.15, -0.1) is 0 Å². The highest BCUT2D eigenvalue weighted by Crippen LogP contribution is 2.21. The standard InChI is InChI=1S/C22H30N6O3/c1-22(2,3)31-21(30)28-9-5-8-16(13-28)26-20(29)18-19(24)25-12-17(27-18)15-7-4-6-14(10-15)11-23/h4,6-7,10,12,16H,5,8-9,11,13,23H2,1-3H3,(H2,24,25)(H,26,29)/t16-/m0/s1. The lowest BCUT2D eigenvalue weighted by atomic mass is 10.1. The molecule has 0 spiro atoms. The van der Waals surface area contributed by atoms with Gasteiger partial charge >= 0.3 is 6.09 Å². The lowest BCUT2D eigenvalue weighted by Crippen LogP contribution is -2.50. The number of nitrogen functional groups attached to an aromatic ring is 1. The van der Waals surface area contributed by atoms with E-state index in [0.717, 1.165) is 24.0 Å². The lowest BCUT2D eigenvalue weighted by molar-refractivity contribution is 0.0185. The van der Waals surface area contributed by atoms with Gasteiger partial charge < -0.3 is 26.4 Å². The van der Waals surface area contributed by atoms with Gasteiger partial charge in [-0.25, -0.2) is 14.8 Å². The number of piperidine rings is 1. The van der Waals surface area contributed by atoms with E-state index in [4.69, 9.17) is 16.2 Å². The number of nitrogens with one attached hydrogen (secondary N) is 1. The number of nitrogens with two attached hydrogens (primary N) is 2. The van der Waals surface area contributed by atoms with E-state index < -0.39 is 11.5 Å². The molecular weight excluding hydrogens is 396 g/mol. The van der Waals surface area contributed by atoms with Gasteiger partial charge in [0.05, 0.1) is 11.9 Å². The fourth-order valence-electron chi connectivity index (χ4n) is 3.40. The van der Waals surface area contributed by atoms with Crippen molar-refractivity contribution in [2.24, 2.45) is 5.73 Å². The molecule has 2 amide bonds. The first-order valence-corrected chi connectivity index (χ1v) is 10.4. The summed E-state index contributed by atoms with van der Waals surface area (Å²) in [6.07, 6.45) is 2.66. The largest absolute Gasteiger partial charge is 0.444 e. The molecule has 0 bridgehead atoms. The molecule has 166 valence electrons. The molecular formula is C22H30N6O3. The van der Waals surface area contributed by atoms with Crippen LogP contribution in [0.15, 0.2) is 30.5 Å². The van der Waals surface area contributed by atoms with Crippen LogP contribution in [0.2, 0.25) is 0 Å². The molecule has 1 aliphatic rings. The summed E-state index contributed by atoms with van der Waals surface area (Å²) in [4.78, 5) is 35.5. The zero-order valence-electron chi connectivity index (χ0n) is 18.2. The SMILES string of the molecule is CC(C)(C)OC(=O)N1CCC[C@H](NC(=O)c2nc(-c3cccc(CN)c3)cnc2N)C1. The summed E-state index contributed by atoms with van der Waals surface area (Å²) < 4.78 is 5.44. The molecule has 3 rings (SSSR count). The van der Waals surface area contributed by atoms with Gasteiger partial charge in [0.1, 0.15) is 5.60 Å². The van der Waals surface area contributed by atoms with Crippen LogP contribution in [0.25, 0.3) is 11.3 Å². The number of ether oxygens (including phenoxy) is 1. The predicted molar refractivity (Wildman–Crippen MR) is 118 cm³/mol. The van der Waals surface area contributed by atoms with Crippen LogP contribution >= 0.6 is 0 Å². The Bertz CT molecular complexity index is 957. The van der Waals surface area contributed by atoms with Gasteiger partial charge in [-0.3, -0.25) is 4.79 Å². The van der Waals surface area contributed by atoms with Crippen molar-refractivity contribution in [3.63, 3.8) is 0 Å². The number of anilines is 1. The number of likely N-dealkylation sites (tertiary alicyclic amines) is 1. The third kappa shape index (κ3) is 5.91. The van der Waals surface area contributed by atoms with Gasteiger partial charge in [0.2, 0.25) is 0 Å². The average Bonchev–Trinajstić information content (AvgIpc) is 2.73. The number of hydrogen-bond acceptors (Lipinski definition) is 7. The zero-order valence-corrected chi connectivity index (χ0v) is 18.2. The summed E-state index contributed by atoms with van der Waals surface area (Å²) >= 11 is 0. The van der Waals surface area contributed by atoms with E-state index in [-0.39, 0.29) is 23.6 Å². The third-order valence-electron chi connectivity index (χ3n) is 4.88. The Labute approximate surface area is 182 Å². The summed E-state index contributed by atoms with van der Waals surface area (Å²) in [5, 5.41) is 2.93. The summed E-state index contributed by atoms with van der Waals surface area (Å²) in [5.41, 5.74) is 13.4. The van der Waals surface area contributed by atoms with Gasteiger partial charge in [0.25, 0.3) is 5.91 Å². The van der Waals surface area contributed by atoms with E-state index in [9.17, 15) is 9.59 Å². The maximum Gasteiger partial charge on any atom is 0.410 e. The van der Waals surface area contributed by atoms with Crippen LogP contribution in [0.1, 0.15) is 49.7 Å². The Hall–Kier alpha value is -3.20. The van der Waals surface area contributed by atoms with Gasteiger partial charge in [0, 0.05) is 31.2 Å². The maximum atomic E-state index is 12.9. The average molecular weight is 427 g/mol. The number of aromatic nitrogens is 2. The van der Waals surface area contributed by atoms with Crippen molar-refractivity contribution < 1.29 is 14.3 Å². The quantitative estimate of drug-likeness (QED) is 0.682. The predicted octanol–water partition coefficient (Wildman–Crippen LogP) is 2.31. The molecule has 1 aliphatic heterocycles. The second-order valence-corrected chi connectivity index (χ2v) is 8.63. The Morgan fingerprint density at radius 1 is 1.32 bits per heavy atom. The fourth-order valence-corrected chi connectivity index (χ4v) is 3.40. The Balaban J connectivity index is 1.72. The van der Waals surface area contributed by atoms with Crippen molar-refractivity contribution in [3.05, 3.63) is 41.7 Å². The van der Waals surface area contributed by atoms with E-state index >= 15 is 0 Å². The van der Waals surface area contributed by atoms with E-state index in [1.165, 1.54) is 6.20 Å². The molecule has 1 saturated heterocycles. The number of carbonyl (C=O) groups excluding carboxylic acids is 2. The van der Waals surface area contributed by atoms with Crippen molar-refractivity contribution in [1.29, 1.82) is 0 Å². The molecule has 31 heavy (non-hydrogen) atoms. The van der Waals surface area contributed by atoms with Crippen molar-refractivity contribution in [2.45, 2.75) is 51.8 Å². The molecule has 1 aromatic carbocycles. The number of nitrogens with zero attached hydrogens (tertiary/aromatic N) is 3. The van der Waals surface area contributed by atoms with Crippen molar-refractivity contribution in [2.75, 3.05) is 18.8 Å². The van der Waals surface area contributed by atoms with E-state index in [1.54, 1.807) is 4.90 Å².